The Bertz CT molecular complexity index is 736. The molecule has 0 heterocycles. The highest BCUT2D eigenvalue weighted by Gasteiger charge is 2.13. The summed E-state index contributed by atoms with van der Waals surface area (Å²) in [5.74, 6) is 0.655. The normalized spacial score (nSPS) is 11.5. The van der Waals surface area contributed by atoms with Crippen molar-refractivity contribution in [1.82, 2.24) is 0 Å². The number of sulfonamides is 1. The molecule has 5 heteroatoms. The number of hydrogen-bond acceptors (Lipinski definition) is 3. The Hall–Kier alpha value is -2.01. The first kappa shape index (κ1) is 18.3. The minimum absolute atomic E-state index is 0.277. The van der Waals surface area contributed by atoms with Crippen molar-refractivity contribution in [2.24, 2.45) is 5.92 Å². The summed E-state index contributed by atoms with van der Waals surface area (Å²) in [6.07, 6.45) is 1.99. The lowest BCUT2D eigenvalue weighted by Gasteiger charge is -2.11. The molecule has 2 aromatic carbocycles. The Balaban J connectivity index is 2.01. The van der Waals surface area contributed by atoms with E-state index in [9.17, 15) is 8.42 Å². The van der Waals surface area contributed by atoms with E-state index in [1.807, 2.05) is 31.2 Å². The summed E-state index contributed by atoms with van der Waals surface area (Å²) in [5, 5.41) is 3.33. The molecule has 0 bridgehead atoms. The van der Waals surface area contributed by atoms with Crippen molar-refractivity contribution in [1.29, 1.82) is 0 Å². The SMILES string of the molecule is CCc1ccc(S(=O)(=O)Nc2ccc(NCCC(C)C)cc2)cc1. The van der Waals surface area contributed by atoms with Gasteiger partial charge < -0.3 is 5.32 Å². The maximum absolute atomic E-state index is 12.4. The third-order valence-corrected chi connectivity index (χ3v) is 5.23. The van der Waals surface area contributed by atoms with Crippen molar-refractivity contribution in [3.63, 3.8) is 0 Å². The second kappa shape index (κ2) is 8.20. The first-order valence-corrected chi connectivity index (χ1v) is 9.84. The van der Waals surface area contributed by atoms with E-state index in [-0.39, 0.29) is 4.90 Å². The summed E-state index contributed by atoms with van der Waals surface area (Å²) in [5.41, 5.74) is 2.67. The molecule has 0 aromatic heterocycles. The molecule has 0 fully saturated rings. The first-order valence-electron chi connectivity index (χ1n) is 8.36. The largest absolute Gasteiger partial charge is 0.385 e. The molecule has 4 nitrogen and oxygen atoms in total. The molecule has 130 valence electrons. The van der Waals surface area contributed by atoms with Crippen LogP contribution in [0.5, 0.6) is 0 Å². The van der Waals surface area contributed by atoms with Crippen LogP contribution in [0.3, 0.4) is 0 Å². The molecule has 2 aromatic rings. The van der Waals surface area contributed by atoms with E-state index in [1.165, 1.54) is 0 Å². The number of rotatable bonds is 8. The van der Waals surface area contributed by atoms with Crippen LogP contribution in [-0.2, 0) is 16.4 Å². The van der Waals surface area contributed by atoms with Gasteiger partial charge in [0.05, 0.1) is 4.90 Å². The van der Waals surface area contributed by atoms with E-state index in [2.05, 4.69) is 23.9 Å². The maximum Gasteiger partial charge on any atom is 0.261 e. The summed E-state index contributed by atoms with van der Waals surface area (Å²) in [7, 11) is -3.55. The molecule has 0 unspecified atom stereocenters. The van der Waals surface area contributed by atoms with E-state index < -0.39 is 10.0 Å². The first-order chi connectivity index (χ1) is 11.4. The van der Waals surface area contributed by atoms with Crippen LogP contribution in [0, 0.1) is 5.92 Å². The van der Waals surface area contributed by atoms with E-state index in [4.69, 9.17) is 0 Å². The molecule has 0 saturated heterocycles. The van der Waals surface area contributed by atoms with Crippen molar-refractivity contribution in [2.45, 2.75) is 38.5 Å². The Kier molecular flexibility index (Phi) is 6.26. The quantitative estimate of drug-likeness (QED) is 0.739. The molecule has 2 N–H and O–H groups in total. The van der Waals surface area contributed by atoms with Crippen molar-refractivity contribution in [2.75, 3.05) is 16.6 Å². The molecular weight excluding hydrogens is 320 g/mol. The summed E-state index contributed by atoms with van der Waals surface area (Å²) in [4.78, 5) is 0.277. The van der Waals surface area contributed by atoms with Gasteiger partial charge in [0.1, 0.15) is 0 Å². The molecule has 0 aliphatic carbocycles. The van der Waals surface area contributed by atoms with E-state index in [0.717, 1.165) is 30.6 Å². The average molecular weight is 346 g/mol. The Morgan fingerprint density at radius 2 is 1.50 bits per heavy atom. The minimum atomic E-state index is -3.55. The number of nitrogens with one attached hydrogen (secondary N) is 2. The van der Waals surface area contributed by atoms with Gasteiger partial charge in [-0.1, -0.05) is 32.9 Å². The van der Waals surface area contributed by atoms with Gasteiger partial charge in [0.2, 0.25) is 0 Å². The Labute approximate surface area is 145 Å². The van der Waals surface area contributed by atoms with E-state index >= 15 is 0 Å². The lowest BCUT2D eigenvalue weighted by atomic mass is 10.1. The van der Waals surface area contributed by atoms with E-state index in [1.54, 1.807) is 24.3 Å². The molecule has 0 amide bonds. The highest BCUT2D eigenvalue weighted by molar-refractivity contribution is 7.92. The van der Waals surface area contributed by atoms with Gasteiger partial charge in [0, 0.05) is 17.9 Å². The van der Waals surface area contributed by atoms with Gasteiger partial charge in [-0.3, -0.25) is 4.72 Å². The van der Waals surface area contributed by atoms with Crippen LogP contribution in [0.4, 0.5) is 11.4 Å². The number of aryl methyl sites for hydroxylation is 1. The standard InChI is InChI=1S/C19H26N2O2S/c1-4-16-5-11-19(12-6-16)24(22,23)21-18-9-7-17(8-10-18)20-14-13-15(2)3/h5-12,15,20-21H,4,13-14H2,1-3H3. The summed E-state index contributed by atoms with van der Waals surface area (Å²) < 4.78 is 27.4. The van der Waals surface area contributed by atoms with Gasteiger partial charge in [-0.25, -0.2) is 8.42 Å². The minimum Gasteiger partial charge on any atom is -0.385 e. The molecule has 0 saturated carbocycles. The zero-order valence-corrected chi connectivity index (χ0v) is 15.4. The molecular formula is C19H26N2O2S. The molecule has 0 spiro atoms. The summed E-state index contributed by atoms with van der Waals surface area (Å²) >= 11 is 0. The Morgan fingerprint density at radius 1 is 0.917 bits per heavy atom. The predicted molar refractivity (Wildman–Crippen MR) is 101 cm³/mol. The fraction of sp³-hybridized carbons (Fsp3) is 0.368. The van der Waals surface area contributed by atoms with E-state index in [0.29, 0.717) is 11.6 Å². The third kappa shape index (κ3) is 5.27. The average Bonchev–Trinajstić information content (AvgIpc) is 2.56. The monoisotopic (exact) mass is 346 g/mol. The van der Waals surface area contributed by atoms with Gasteiger partial charge in [0.15, 0.2) is 0 Å². The van der Waals surface area contributed by atoms with Crippen LogP contribution in [0.25, 0.3) is 0 Å². The van der Waals surface area contributed by atoms with Gasteiger partial charge in [-0.2, -0.15) is 0 Å². The lowest BCUT2D eigenvalue weighted by molar-refractivity contribution is 0.601. The topological polar surface area (TPSA) is 58.2 Å². The third-order valence-electron chi connectivity index (χ3n) is 3.83. The van der Waals surface area contributed by atoms with Crippen LogP contribution >= 0.6 is 0 Å². The summed E-state index contributed by atoms with van der Waals surface area (Å²) in [6.45, 7) is 7.32. The highest BCUT2D eigenvalue weighted by Crippen LogP contribution is 2.19. The van der Waals surface area contributed by atoms with Crippen LogP contribution in [-0.4, -0.2) is 15.0 Å². The molecule has 2 rings (SSSR count). The molecule has 0 atom stereocenters. The van der Waals surface area contributed by atoms with Gasteiger partial charge in [-0.15, -0.1) is 0 Å². The smallest absolute Gasteiger partial charge is 0.261 e. The number of benzene rings is 2. The van der Waals surface area contributed by atoms with Crippen molar-refractivity contribution >= 4 is 21.4 Å². The number of anilines is 2. The van der Waals surface area contributed by atoms with Crippen LogP contribution in [0.1, 0.15) is 32.8 Å². The second-order valence-electron chi connectivity index (χ2n) is 6.29. The molecule has 0 aliphatic heterocycles. The van der Waals surface area contributed by atoms with Crippen molar-refractivity contribution in [3.8, 4) is 0 Å². The van der Waals surface area contributed by atoms with Crippen LogP contribution in [0.15, 0.2) is 53.4 Å². The summed E-state index contributed by atoms with van der Waals surface area (Å²) in [6, 6.07) is 14.3. The van der Waals surface area contributed by atoms with Crippen molar-refractivity contribution < 1.29 is 8.42 Å². The Morgan fingerprint density at radius 3 is 2.04 bits per heavy atom. The fourth-order valence-corrected chi connectivity index (χ4v) is 3.34. The predicted octanol–water partition coefficient (Wildman–Crippen LogP) is 4.51. The zero-order valence-electron chi connectivity index (χ0n) is 14.5. The maximum atomic E-state index is 12.4. The van der Waals surface area contributed by atoms with Gasteiger partial charge >= 0.3 is 0 Å². The molecule has 0 radical (unpaired) electrons. The molecule has 0 aliphatic rings. The van der Waals surface area contributed by atoms with Crippen molar-refractivity contribution in [3.05, 3.63) is 54.1 Å². The van der Waals surface area contributed by atoms with Crippen LogP contribution < -0.4 is 10.0 Å². The molecule has 24 heavy (non-hydrogen) atoms. The van der Waals surface area contributed by atoms with Gasteiger partial charge in [-0.05, 0) is 60.7 Å². The second-order valence-corrected chi connectivity index (χ2v) is 7.97. The van der Waals surface area contributed by atoms with Gasteiger partial charge in [0.25, 0.3) is 10.0 Å². The lowest BCUT2D eigenvalue weighted by Crippen LogP contribution is -2.13. The number of hydrogen-bond donors (Lipinski definition) is 2. The fourth-order valence-electron chi connectivity index (χ4n) is 2.28. The van der Waals surface area contributed by atoms with Crippen LogP contribution in [0.2, 0.25) is 0 Å². The highest BCUT2D eigenvalue weighted by atomic mass is 32.2. The zero-order chi connectivity index (χ0) is 17.6.